The third-order valence-electron chi connectivity index (χ3n) is 3.70. The zero-order chi connectivity index (χ0) is 11.8. The second-order valence-corrected chi connectivity index (χ2v) is 5.03. The van der Waals surface area contributed by atoms with Gasteiger partial charge >= 0.3 is 0 Å². The lowest BCUT2D eigenvalue weighted by atomic mass is 9.93. The standard InChI is InChI=1S/C12H17N3O2/c13-11-7-10(14-17-11)8-3-5-15(6-4-8)12(16)9-1-2-9/h7-9H,1-6,13H2. The van der Waals surface area contributed by atoms with Gasteiger partial charge in [-0.1, -0.05) is 5.16 Å². The first-order valence-electron chi connectivity index (χ1n) is 6.25. The summed E-state index contributed by atoms with van der Waals surface area (Å²) in [6, 6.07) is 1.79. The van der Waals surface area contributed by atoms with Crippen LogP contribution >= 0.6 is 0 Å². The first kappa shape index (κ1) is 10.6. The van der Waals surface area contributed by atoms with Crippen LogP contribution in [0.3, 0.4) is 0 Å². The van der Waals surface area contributed by atoms with Crippen LogP contribution in [0.25, 0.3) is 0 Å². The molecule has 1 aliphatic heterocycles. The summed E-state index contributed by atoms with van der Waals surface area (Å²) in [5.74, 6) is 1.44. The average molecular weight is 235 g/mol. The Morgan fingerprint density at radius 2 is 2.06 bits per heavy atom. The minimum atomic E-state index is 0.328. The quantitative estimate of drug-likeness (QED) is 0.840. The molecule has 1 aromatic heterocycles. The minimum Gasteiger partial charge on any atom is -0.368 e. The highest BCUT2D eigenvalue weighted by molar-refractivity contribution is 5.81. The molecule has 0 spiro atoms. The van der Waals surface area contributed by atoms with Crippen LogP contribution in [0, 0.1) is 5.92 Å². The molecule has 3 rings (SSSR count). The Labute approximate surface area is 99.9 Å². The van der Waals surface area contributed by atoms with Crippen molar-refractivity contribution in [1.82, 2.24) is 10.1 Å². The Balaban J connectivity index is 1.58. The van der Waals surface area contributed by atoms with Crippen molar-refractivity contribution >= 4 is 11.8 Å². The first-order chi connectivity index (χ1) is 8.24. The van der Waals surface area contributed by atoms with Gasteiger partial charge in [-0.25, -0.2) is 0 Å². The van der Waals surface area contributed by atoms with Gasteiger partial charge in [-0.15, -0.1) is 0 Å². The highest BCUT2D eigenvalue weighted by Gasteiger charge is 2.35. The van der Waals surface area contributed by atoms with E-state index in [1.807, 2.05) is 4.90 Å². The molecule has 0 unspecified atom stereocenters. The number of hydrogen-bond acceptors (Lipinski definition) is 4. The fourth-order valence-corrected chi connectivity index (χ4v) is 2.48. The molecule has 1 aromatic rings. The van der Waals surface area contributed by atoms with E-state index in [9.17, 15) is 4.79 Å². The fraction of sp³-hybridized carbons (Fsp3) is 0.667. The summed E-state index contributed by atoms with van der Waals surface area (Å²) in [4.78, 5) is 13.9. The average Bonchev–Trinajstić information content (AvgIpc) is 3.11. The predicted octanol–water partition coefficient (Wildman–Crippen LogP) is 1.37. The maximum Gasteiger partial charge on any atom is 0.225 e. The number of nitrogens with zero attached hydrogens (tertiary/aromatic N) is 2. The number of anilines is 1. The second kappa shape index (κ2) is 4.05. The van der Waals surface area contributed by atoms with Crippen molar-refractivity contribution in [3.8, 4) is 0 Å². The van der Waals surface area contributed by atoms with Crippen molar-refractivity contribution in [3.05, 3.63) is 11.8 Å². The van der Waals surface area contributed by atoms with Gasteiger partial charge in [0.15, 0.2) is 0 Å². The number of rotatable bonds is 2. The van der Waals surface area contributed by atoms with E-state index in [0.717, 1.165) is 44.5 Å². The molecule has 0 radical (unpaired) electrons. The molecule has 2 fully saturated rings. The van der Waals surface area contributed by atoms with Gasteiger partial charge in [0.1, 0.15) is 0 Å². The largest absolute Gasteiger partial charge is 0.368 e. The highest BCUT2D eigenvalue weighted by atomic mass is 16.5. The monoisotopic (exact) mass is 235 g/mol. The summed E-state index contributed by atoms with van der Waals surface area (Å²) in [6.07, 6.45) is 4.09. The van der Waals surface area contributed by atoms with Crippen molar-refractivity contribution in [2.45, 2.75) is 31.6 Å². The third kappa shape index (κ3) is 2.14. The molecule has 17 heavy (non-hydrogen) atoms. The molecule has 0 bridgehead atoms. The van der Waals surface area contributed by atoms with Gasteiger partial charge in [-0.05, 0) is 25.7 Å². The van der Waals surface area contributed by atoms with Gasteiger partial charge < -0.3 is 15.2 Å². The van der Waals surface area contributed by atoms with E-state index in [-0.39, 0.29) is 0 Å². The summed E-state index contributed by atoms with van der Waals surface area (Å²) in [6.45, 7) is 1.68. The zero-order valence-corrected chi connectivity index (χ0v) is 9.76. The number of carbonyl (C=O) groups excluding carboxylic acids is 1. The number of hydrogen-bond donors (Lipinski definition) is 1. The van der Waals surface area contributed by atoms with Crippen molar-refractivity contribution in [2.75, 3.05) is 18.8 Å². The van der Waals surface area contributed by atoms with Crippen molar-refractivity contribution in [3.63, 3.8) is 0 Å². The van der Waals surface area contributed by atoms with E-state index in [1.165, 1.54) is 0 Å². The van der Waals surface area contributed by atoms with Crippen molar-refractivity contribution in [1.29, 1.82) is 0 Å². The van der Waals surface area contributed by atoms with Crippen LogP contribution in [0.4, 0.5) is 5.88 Å². The topological polar surface area (TPSA) is 72.4 Å². The Morgan fingerprint density at radius 3 is 2.59 bits per heavy atom. The number of aromatic nitrogens is 1. The molecule has 2 N–H and O–H groups in total. The molecule has 0 atom stereocenters. The fourth-order valence-electron chi connectivity index (χ4n) is 2.48. The van der Waals surface area contributed by atoms with E-state index in [2.05, 4.69) is 5.16 Å². The predicted molar refractivity (Wildman–Crippen MR) is 62.2 cm³/mol. The number of likely N-dealkylation sites (tertiary alicyclic amines) is 1. The Kier molecular flexibility index (Phi) is 2.53. The van der Waals surface area contributed by atoms with Gasteiger partial charge in [-0.2, -0.15) is 0 Å². The number of amides is 1. The highest BCUT2D eigenvalue weighted by Crippen LogP contribution is 2.34. The van der Waals surface area contributed by atoms with E-state index >= 15 is 0 Å². The summed E-state index contributed by atoms with van der Waals surface area (Å²) >= 11 is 0. The Hall–Kier alpha value is -1.52. The van der Waals surface area contributed by atoms with Gasteiger partial charge in [0.25, 0.3) is 0 Å². The lowest BCUT2D eigenvalue weighted by molar-refractivity contribution is -0.133. The molecular formula is C12H17N3O2. The van der Waals surface area contributed by atoms with E-state index in [4.69, 9.17) is 10.3 Å². The maximum absolute atomic E-state index is 11.9. The Bertz CT molecular complexity index is 417. The van der Waals surface area contributed by atoms with E-state index < -0.39 is 0 Å². The molecule has 1 saturated heterocycles. The van der Waals surface area contributed by atoms with Crippen molar-refractivity contribution < 1.29 is 9.32 Å². The summed E-state index contributed by atoms with van der Waals surface area (Å²) in [5, 5.41) is 3.95. The lowest BCUT2D eigenvalue weighted by Crippen LogP contribution is -2.38. The lowest BCUT2D eigenvalue weighted by Gasteiger charge is -2.31. The van der Waals surface area contributed by atoms with Crippen LogP contribution in [-0.2, 0) is 4.79 Å². The van der Waals surface area contributed by atoms with Crippen molar-refractivity contribution in [2.24, 2.45) is 5.92 Å². The van der Waals surface area contributed by atoms with Crippen LogP contribution in [0.5, 0.6) is 0 Å². The number of nitrogen functional groups attached to an aromatic ring is 1. The van der Waals surface area contributed by atoms with Crippen LogP contribution in [-0.4, -0.2) is 29.1 Å². The normalized spacial score (nSPS) is 21.8. The van der Waals surface area contributed by atoms with Gasteiger partial charge in [0, 0.05) is 31.0 Å². The first-order valence-corrected chi connectivity index (χ1v) is 6.25. The third-order valence-corrected chi connectivity index (χ3v) is 3.70. The number of piperidine rings is 1. The summed E-state index contributed by atoms with van der Waals surface area (Å²) in [5.41, 5.74) is 6.45. The van der Waals surface area contributed by atoms with E-state index in [0.29, 0.717) is 23.6 Å². The molecule has 1 amide bonds. The number of nitrogens with two attached hydrogens (primary N) is 1. The van der Waals surface area contributed by atoms with Crippen LogP contribution < -0.4 is 5.73 Å². The summed E-state index contributed by atoms with van der Waals surface area (Å²) < 4.78 is 4.89. The van der Waals surface area contributed by atoms with Crippen LogP contribution in [0.15, 0.2) is 10.6 Å². The van der Waals surface area contributed by atoms with Gasteiger partial charge in [0.2, 0.25) is 11.8 Å². The molecule has 2 aliphatic rings. The molecule has 5 heteroatoms. The molecule has 0 aromatic carbocycles. The molecule has 92 valence electrons. The Morgan fingerprint density at radius 1 is 1.35 bits per heavy atom. The zero-order valence-electron chi connectivity index (χ0n) is 9.76. The van der Waals surface area contributed by atoms with Crippen LogP contribution in [0.2, 0.25) is 0 Å². The van der Waals surface area contributed by atoms with Gasteiger partial charge in [-0.3, -0.25) is 4.79 Å². The molecule has 5 nitrogen and oxygen atoms in total. The van der Waals surface area contributed by atoms with E-state index in [1.54, 1.807) is 6.07 Å². The smallest absolute Gasteiger partial charge is 0.225 e. The SMILES string of the molecule is Nc1cc(C2CCN(C(=O)C3CC3)CC2)no1. The molecule has 1 saturated carbocycles. The minimum absolute atomic E-state index is 0.328. The molecular weight excluding hydrogens is 218 g/mol. The van der Waals surface area contributed by atoms with Crippen LogP contribution in [0.1, 0.15) is 37.3 Å². The molecule has 2 heterocycles. The van der Waals surface area contributed by atoms with Gasteiger partial charge in [0.05, 0.1) is 5.69 Å². The second-order valence-electron chi connectivity index (χ2n) is 5.03. The maximum atomic E-state index is 11.9. The molecule has 1 aliphatic carbocycles. The number of carbonyl (C=O) groups is 1. The summed E-state index contributed by atoms with van der Waals surface area (Å²) in [7, 11) is 0.